The highest BCUT2D eigenvalue weighted by Crippen LogP contribution is 2.23. The Morgan fingerprint density at radius 1 is 1.48 bits per heavy atom. The number of furan rings is 1. The highest BCUT2D eigenvalue weighted by molar-refractivity contribution is 5.90. The Hall–Kier alpha value is -2.64. The van der Waals surface area contributed by atoms with Crippen LogP contribution in [0.5, 0.6) is 0 Å². The van der Waals surface area contributed by atoms with Gasteiger partial charge in [-0.3, -0.25) is 14.8 Å². The van der Waals surface area contributed by atoms with Gasteiger partial charge >= 0.3 is 11.7 Å². The summed E-state index contributed by atoms with van der Waals surface area (Å²) in [5, 5.41) is 15.1. The molecule has 0 aromatic carbocycles. The van der Waals surface area contributed by atoms with Gasteiger partial charge in [-0.2, -0.15) is 5.10 Å². The number of carbonyl (C=O) groups is 1. The van der Waals surface area contributed by atoms with E-state index in [4.69, 9.17) is 4.42 Å². The van der Waals surface area contributed by atoms with Crippen LogP contribution in [0.3, 0.4) is 0 Å². The van der Waals surface area contributed by atoms with E-state index in [1.165, 1.54) is 11.8 Å². The minimum absolute atomic E-state index is 0.00790. The number of nitrogens with zero attached hydrogens (tertiary/aromatic N) is 3. The van der Waals surface area contributed by atoms with Crippen LogP contribution in [0.15, 0.2) is 10.5 Å². The smallest absolute Gasteiger partial charge is 0.341 e. The number of esters is 1. The number of hydrogen-bond acceptors (Lipinski definition) is 6. The molecule has 0 saturated carbocycles. The number of carbonyl (C=O) groups excluding carboxylic acids is 1. The van der Waals surface area contributed by atoms with Crippen molar-refractivity contribution in [2.24, 2.45) is 0 Å². The third-order valence-electron chi connectivity index (χ3n) is 3.21. The molecule has 0 spiro atoms. The zero-order valence-electron chi connectivity index (χ0n) is 12.2. The van der Waals surface area contributed by atoms with Crippen LogP contribution in [-0.2, 0) is 11.3 Å². The molecule has 2 aromatic heterocycles. The summed E-state index contributed by atoms with van der Waals surface area (Å²) < 4.78 is 11.6. The predicted octanol–water partition coefficient (Wildman–Crippen LogP) is 2.14. The molecule has 0 atom stereocenters. The average Bonchev–Trinajstić information content (AvgIpc) is 2.90. The van der Waals surface area contributed by atoms with Gasteiger partial charge < -0.3 is 9.15 Å². The lowest BCUT2D eigenvalue weighted by Gasteiger charge is -2.00. The molecule has 8 heteroatoms. The van der Waals surface area contributed by atoms with E-state index >= 15 is 0 Å². The van der Waals surface area contributed by atoms with Crippen molar-refractivity contribution in [1.29, 1.82) is 0 Å². The first kappa shape index (κ1) is 14.8. The molecule has 112 valence electrons. The molecule has 0 amide bonds. The summed E-state index contributed by atoms with van der Waals surface area (Å²) in [5.74, 6) is 0.433. The fraction of sp³-hybridized carbons (Fsp3) is 0.385. The summed E-state index contributed by atoms with van der Waals surface area (Å²) in [6.45, 7) is 5.06. The van der Waals surface area contributed by atoms with Gasteiger partial charge in [-0.15, -0.1) is 0 Å². The molecule has 0 bridgehead atoms. The number of ether oxygens (including phenoxy) is 1. The minimum atomic E-state index is -0.484. The van der Waals surface area contributed by atoms with Gasteiger partial charge in [0.05, 0.1) is 18.6 Å². The van der Waals surface area contributed by atoms with Crippen LogP contribution in [0.1, 0.15) is 33.3 Å². The first-order valence-electron chi connectivity index (χ1n) is 6.21. The molecule has 2 aromatic rings. The van der Waals surface area contributed by atoms with Crippen molar-refractivity contribution in [3.05, 3.63) is 44.7 Å². The number of nitro groups is 1. The molecule has 0 fully saturated rings. The van der Waals surface area contributed by atoms with Gasteiger partial charge in [0, 0.05) is 0 Å². The highest BCUT2D eigenvalue weighted by atomic mass is 16.6. The molecule has 2 rings (SSSR count). The van der Waals surface area contributed by atoms with Crippen molar-refractivity contribution in [3.8, 4) is 0 Å². The van der Waals surface area contributed by atoms with Crippen molar-refractivity contribution in [1.82, 2.24) is 9.78 Å². The molecule has 0 aliphatic carbocycles. The number of aryl methyl sites for hydroxylation is 2. The Morgan fingerprint density at radius 2 is 2.14 bits per heavy atom. The molecule has 0 aliphatic heterocycles. The summed E-state index contributed by atoms with van der Waals surface area (Å²) in [6.07, 6.45) is 0. The summed E-state index contributed by atoms with van der Waals surface area (Å²) in [6, 6.07) is 1.56. The van der Waals surface area contributed by atoms with Gasteiger partial charge in [-0.25, -0.2) is 4.79 Å². The van der Waals surface area contributed by atoms with Gasteiger partial charge in [0.2, 0.25) is 0 Å². The molecule has 2 heterocycles. The van der Waals surface area contributed by atoms with Crippen molar-refractivity contribution >= 4 is 11.7 Å². The Kier molecular flexibility index (Phi) is 3.79. The van der Waals surface area contributed by atoms with Crippen LogP contribution < -0.4 is 0 Å². The van der Waals surface area contributed by atoms with Gasteiger partial charge in [-0.05, 0) is 26.8 Å². The lowest BCUT2D eigenvalue weighted by atomic mass is 10.2. The van der Waals surface area contributed by atoms with Crippen molar-refractivity contribution in [2.45, 2.75) is 27.3 Å². The lowest BCUT2D eigenvalue weighted by Crippen LogP contribution is -2.04. The molecule has 0 aliphatic rings. The lowest BCUT2D eigenvalue weighted by molar-refractivity contribution is -0.386. The van der Waals surface area contributed by atoms with E-state index in [0.717, 1.165) is 0 Å². The molecule has 0 saturated heterocycles. The van der Waals surface area contributed by atoms with Crippen LogP contribution in [-0.4, -0.2) is 27.8 Å². The van der Waals surface area contributed by atoms with E-state index in [1.807, 2.05) is 0 Å². The monoisotopic (exact) mass is 293 g/mol. The van der Waals surface area contributed by atoms with Crippen LogP contribution in [0, 0.1) is 30.9 Å². The first-order chi connectivity index (χ1) is 9.85. The number of rotatable bonds is 4. The van der Waals surface area contributed by atoms with E-state index in [2.05, 4.69) is 9.84 Å². The maximum atomic E-state index is 11.5. The molecule has 21 heavy (non-hydrogen) atoms. The molecule has 8 nitrogen and oxygen atoms in total. The largest absolute Gasteiger partial charge is 0.465 e. The second-order valence-electron chi connectivity index (χ2n) is 4.61. The predicted molar refractivity (Wildman–Crippen MR) is 72.2 cm³/mol. The Balaban J connectivity index is 2.33. The fourth-order valence-electron chi connectivity index (χ4n) is 2.19. The van der Waals surface area contributed by atoms with Gasteiger partial charge in [-0.1, -0.05) is 0 Å². The fourth-order valence-corrected chi connectivity index (χ4v) is 2.19. The summed E-state index contributed by atoms with van der Waals surface area (Å²) in [5.41, 5.74) is 1.11. The van der Waals surface area contributed by atoms with Crippen LogP contribution >= 0.6 is 0 Å². The van der Waals surface area contributed by atoms with Crippen molar-refractivity contribution in [3.63, 3.8) is 0 Å². The Morgan fingerprint density at radius 3 is 2.67 bits per heavy atom. The summed E-state index contributed by atoms with van der Waals surface area (Å²) in [4.78, 5) is 22.0. The molecule has 0 N–H and O–H groups in total. The van der Waals surface area contributed by atoms with Crippen LogP contribution in [0.25, 0.3) is 0 Å². The second-order valence-corrected chi connectivity index (χ2v) is 4.61. The topological polar surface area (TPSA) is 100 Å². The maximum Gasteiger partial charge on any atom is 0.341 e. The molecular formula is C13H15N3O5. The van der Waals surface area contributed by atoms with E-state index in [9.17, 15) is 14.9 Å². The third kappa shape index (κ3) is 2.64. The highest BCUT2D eigenvalue weighted by Gasteiger charge is 2.23. The zero-order valence-corrected chi connectivity index (χ0v) is 12.2. The summed E-state index contributed by atoms with van der Waals surface area (Å²) >= 11 is 0. The van der Waals surface area contributed by atoms with Gasteiger partial charge in [0.25, 0.3) is 0 Å². The normalized spacial score (nSPS) is 10.7. The van der Waals surface area contributed by atoms with Crippen molar-refractivity contribution in [2.75, 3.05) is 7.11 Å². The maximum absolute atomic E-state index is 11.5. The van der Waals surface area contributed by atoms with E-state index < -0.39 is 10.9 Å². The van der Waals surface area contributed by atoms with Crippen LogP contribution in [0.2, 0.25) is 0 Å². The van der Waals surface area contributed by atoms with Crippen molar-refractivity contribution < 1.29 is 18.9 Å². The third-order valence-corrected chi connectivity index (χ3v) is 3.21. The zero-order chi connectivity index (χ0) is 15.7. The Bertz CT molecular complexity index is 714. The van der Waals surface area contributed by atoms with E-state index in [1.54, 1.807) is 26.8 Å². The summed E-state index contributed by atoms with van der Waals surface area (Å²) in [7, 11) is 1.29. The van der Waals surface area contributed by atoms with E-state index in [0.29, 0.717) is 28.5 Å². The number of hydrogen-bond donors (Lipinski definition) is 0. The van der Waals surface area contributed by atoms with Crippen LogP contribution in [0.4, 0.5) is 5.69 Å². The molecular weight excluding hydrogens is 278 g/mol. The Labute approximate surface area is 120 Å². The van der Waals surface area contributed by atoms with Gasteiger partial charge in [0.1, 0.15) is 28.5 Å². The quantitative estimate of drug-likeness (QED) is 0.486. The van der Waals surface area contributed by atoms with Gasteiger partial charge in [0.15, 0.2) is 0 Å². The average molecular weight is 293 g/mol. The first-order valence-corrected chi connectivity index (χ1v) is 6.21. The minimum Gasteiger partial charge on any atom is -0.465 e. The molecule has 0 radical (unpaired) electrons. The number of aromatic nitrogens is 2. The SMILES string of the molecule is COC(=O)c1cc(Cn2nc(C)c([N+](=O)[O-])c2C)oc1C. The second kappa shape index (κ2) is 5.39. The van der Waals surface area contributed by atoms with E-state index in [-0.39, 0.29) is 12.2 Å². The molecule has 0 unspecified atom stereocenters. The standard InChI is InChI=1S/C13H15N3O5/c1-7-12(16(18)19)8(2)15(14-7)6-10-5-11(9(3)21-10)13(17)20-4/h5H,6H2,1-4H3. The number of methoxy groups -OCH3 is 1.